The first-order valence-corrected chi connectivity index (χ1v) is 9.10. The summed E-state index contributed by atoms with van der Waals surface area (Å²) in [7, 11) is 1.54. The third-order valence-corrected chi connectivity index (χ3v) is 5.03. The lowest BCUT2D eigenvalue weighted by atomic mass is 10.1. The summed E-state index contributed by atoms with van der Waals surface area (Å²) in [6, 6.07) is 6.93. The summed E-state index contributed by atoms with van der Waals surface area (Å²) < 4.78 is 55.0. The second-order valence-electron chi connectivity index (χ2n) is 7.05. The highest BCUT2D eigenvalue weighted by Crippen LogP contribution is 2.29. The van der Waals surface area contributed by atoms with Crippen LogP contribution in [0.1, 0.15) is 33.7 Å². The molecule has 0 saturated heterocycles. The molecule has 1 aliphatic carbocycles. The van der Waals surface area contributed by atoms with E-state index in [0.29, 0.717) is 24.1 Å². The first-order valence-electron chi connectivity index (χ1n) is 9.10. The highest BCUT2D eigenvalue weighted by molar-refractivity contribution is 5.94. The number of hydrogen-bond donors (Lipinski definition) is 0. The van der Waals surface area contributed by atoms with Crippen molar-refractivity contribution in [3.05, 3.63) is 82.2 Å². The number of fused-ring (bicyclic) bond motifs is 1. The van der Waals surface area contributed by atoms with Gasteiger partial charge in [-0.3, -0.25) is 4.79 Å². The first kappa shape index (κ1) is 19.2. The van der Waals surface area contributed by atoms with Gasteiger partial charge < -0.3 is 4.90 Å². The molecule has 0 atom stereocenters. The molecule has 0 N–H and O–H groups in total. The van der Waals surface area contributed by atoms with Crippen molar-refractivity contribution in [1.29, 1.82) is 0 Å². The SMILES string of the molecule is CN(Cc1ccc(F)c(F)c1)C(=O)c1nn(-c2ccc(F)c(F)c2)c2c1CCC2. The number of carbonyl (C=O) groups excluding carboxylic acids is 1. The molecule has 1 heterocycles. The second-order valence-corrected chi connectivity index (χ2v) is 7.05. The predicted molar refractivity (Wildman–Crippen MR) is 97.7 cm³/mol. The monoisotopic (exact) mass is 403 g/mol. The number of nitrogens with zero attached hydrogens (tertiary/aromatic N) is 3. The molecule has 4 nitrogen and oxygen atoms in total. The largest absolute Gasteiger partial charge is 0.336 e. The molecule has 0 bridgehead atoms. The standard InChI is InChI=1S/C21H17F4N3O/c1-27(11-12-5-7-15(22)17(24)9-12)21(29)20-14-3-2-4-19(14)28(26-20)13-6-8-16(23)18(25)10-13/h5-10H,2-4,11H2,1H3. The van der Waals surface area contributed by atoms with E-state index in [-0.39, 0.29) is 18.1 Å². The van der Waals surface area contributed by atoms with Gasteiger partial charge in [-0.15, -0.1) is 0 Å². The number of carbonyl (C=O) groups is 1. The molecular weight excluding hydrogens is 386 g/mol. The van der Waals surface area contributed by atoms with Crippen LogP contribution in [0.15, 0.2) is 36.4 Å². The molecule has 0 spiro atoms. The predicted octanol–water partition coefficient (Wildman–Crippen LogP) is 4.19. The van der Waals surface area contributed by atoms with E-state index in [0.717, 1.165) is 41.9 Å². The normalized spacial score (nSPS) is 12.9. The molecule has 4 rings (SSSR count). The fourth-order valence-corrected chi connectivity index (χ4v) is 3.60. The van der Waals surface area contributed by atoms with E-state index in [9.17, 15) is 22.4 Å². The maximum atomic E-state index is 13.7. The van der Waals surface area contributed by atoms with Gasteiger partial charge in [0, 0.05) is 30.9 Å². The van der Waals surface area contributed by atoms with Crippen LogP contribution < -0.4 is 0 Å². The highest BCUT2D eigenvalue weighted by Gasteiger charge is 2.29. The van der Waals surface area contributed by atoms with E-state index < -0.39 is 23.3 Å². The zero-order valence-corrected chi connectivity index (χ0v) is 15.6. The lowest BCUT2D eigenvalue weighted by Gasteiger charge is -2.17. The molecular formula is C21H17F4N3O. The molecule has 0 fully saturated rings. The Morgan fingerprint density at radius 2 is 1.69 bits per heavy atom. The molecule has 2 aromatic carbocycles. The number of hydrogen-bond acceptors (Lipinski definition) is 2. The van der Waals surface area contributed by atoms with Gasteiger partial charge in [0.05, 0.1) is 5.69 Å². The van der Waals surface area contributed by atoms with Crippen LogP contribution in [0.2, 0.25) is 0 Å². The van der Waals surface area contributed by atoms with Crippen molar-refractivity contribution >= 4 is 5.91 Å². The summed E-state index contributed by atoms with van der Waals surface area (Å²) >= 11 is 0. The van der Waals surface area contributed by atoms with Gasteiger partial charge in [-0.25, -0.2) is 22.2 Å². The van der Waals surface area contributed by atoms with Crippen molar-refractivity contribution < 1.29 is 22.4 Å². The average Bonchev–Trinajstić information content (AvgIpc) is 3.29. The topological polar surface area (TPSA) is 38.1 Å². The van der Waals surface area contributed by atoms with Gasteiger partial charge in [0.25, 0.3) is 5.91 Å². The zero-order valence-electron chi connectivity index (χ0n) is 15.6. The summed E-state index contributed by atoms with van der Waals surface area (Å²) in [6.07, 6.45) is 2.14. The number of aromatic nitrogens is 2. The quantitative estimate of drug-likeness (QED) is 0.613. The van der Waals surface area contributed by atoms with E-state index in [2.05, 4.69) is 5.10 Å². The van der Waals surface area contributed by atoms with E-state index in [1.807, 2.05) is 0 Å². The van der Waals surface area contributed by atoms with Gasteiger partial charge in [0.1, 0.15) is 0 Å². The van der Waals surface area contributed by atoms with Crippen molar-refractivity contribution in [2.75, 3.05) is 7.05 Å². The Morgan fingerprint density at radius 3 is 2.38 bits per heavy atom. The molecule has 0 unspecified atom stereocenters. The molecule has 1 aromatic heterocycles. The Morgan fingerprint density at radius 1 is 1.00 bits per heavy atom. The molecule has 8 heteroatoms. The Hall–Kier alpha value is -3.16. The van der Waals surface area contributed by atoms with Gasteiger partial charge in [0.2, 0.25) is 0 Å². The number of amides is 1. The third kappa shape index (κ3) is 3.50. The second kappa shape index (κ2) is 7.35. The van der Waals surface area contributed by atoms with Crippen molar-refractivity contribution in [2.45, 2.75) is 25.8 Å². The minimum Gasteiger partial charge on any atom is -0.336 e. The van der Waals surface area contributed by atoms with Gasteiger partial charge >= 0.3 is 0 Å². The molecule has 1 amide bonds. The van der Waals surface area contributed by atoms with Crippen molar-refractivity contribution in [3.63, 3.8) is 0 Å². The van der Waals surface area contributed by atoms with Crippen molar-refractivity contribution in [2.24, 2.45) is 0 Å². The summed E-state index contributed by atoms with van der Waals surface area (Å²) in [6.45, 7) is 0.0723. The summed E-state index contributed by atoms with van der Waals surface area (Å²) in [5, 5.41) is 4.37. The molecule has 29 heavy (non-hydrogen) atoms. The van der Waals surface area contributed by atoms with Gasteiger partial charge in [-0.1, -0.05) is 6.07 Å². The first-order chi connectivity index (χ1) is 13.8. The fourth-order valence-electron chi connectivity index (χ4n) is 3.60. The van der Waals surface area contributed by atoms with Crippen LogP contribution in [0.4, 0.5) is 17.6 Å². The maximum absolute atomic E-state index is 13.7. The number of rotatable bonds is 4. The Balaban J connectivity index is 1.65. The van der Waals surface area contributed by atoms with Crippen LogP contribution >= 0.6 is 0 Å². The third-order valence-electron chi connectivity index (χ3n) is 5.03. The van der Waals surface area contributed by atoms with Crippen LogP contribution in [0.25, 0.3) is 5.69 Å². The van der Waals surface area contributed by atoms with Gasteiger partial charge in [-0.2, -0.15) is 5.10 Å². The summed E-state index contributed by atoms with van der Waals surface area (Å²) in [5.41, 5.74) is 2.57. The molecule has 3 aromatic rings. The lowest BCUT2D eigenvalue weighted by Crippen LogP contribution is -2.27. The minimum absolute atomic E-state index is 0.0723. The Kier molecular flexibility index (Phi) is 4.86. The zero-order chi connectivity index (χ0) is 20.7. The van der Waals surface area contributed by atoms with Gasteiger partial charge in [0.15, 0.2) is 29.0 Å². The summed E-state index contributed by atoms with van der Waals surface area (Å²) in [5.74, 6) is -4.26. The average molecular weight is 403 g/mol. The molecule has 1 aliphatic rings. The van der Waals surface area contributed by atoms with Crippen LogP contribution in [0, 0.1) is 23.3 Å². The fraction of sp³-hybridized carbons (Fsp3) is 0.238. The van der Waals surface area contributed by atoms with Crippen LogP contribution in [0.5, 0.6) is 0 Å². The Bertz CT molecular complexity index is 1110. The molecule has 0 aliphatic heterocycles. The smallest absolute Gasteiger partial charge is 0.274 e. The van der Waals surface area contributed by atoms with Crippen molar-refractivity contribution in [3.8, 4) is 5.69 Å². The molecule has 0 radical (unpaired) electrons. The summed E-state index contributed by atoms with van der Waals surface area (Å²) in [4.78, 5) is 14.3. The van der Waals surface area contributed by atoms with Crippen LogP contribution in [0.3, 0.4) is 0 Å². The van der Waals surface area contributed by atoms with E-state index in [1.54, 1.807) is 7.05 Å². The molecule has 150 valence electrons. The van der Waals surface area contributed by atoms with Crippen LogP contribution in [-0.2, 0) is 19.4 Å². The van der Waals surface area contributed by atoms with E-state index in [1.165, 1.54) is 21.7 Å². The number of halogens is 4. The Labute approximate surface area is 164 Å². The minimum atomic E-state index is -0.993. The number of benzene rings is 2. The van der Waals surface area contributed by atoms with Crippen LogP contribution in [-0.4, -0.2) is 27.6 Å². The van der Waals surface area contributed by atoms with Gasteiger partial charge in [-0.05, 0) is 49.1 Å². The van der Waals surface area contributed by atoms with Crippen molar-refractivity contribution in [1.82, 2.24) is 14.7 Å². The van der Waals surface area contributed by atoms with E-state index in [4.69, 9.17) is 0 Å². The lowest BCUT2D eigenvalue weighted by molar-refractivity contribution is 0.0777. The molecule has 0 saturated carbocycles. The highest BCUT2D eigenvalue weighted by atomic mass is 19.2. The van der Waals surface area contributed by atoms with E-state index >= 15 is 0 Å². The maximum Gasteiger partial charge on any atom is 0.274 e.